The Hall–Kier alpha value is -2.11. The lowest BCUT2D eigenvalue weighted by Gasteiger charge is -2.39. The Kier molecular flexibility index (Phi) is 4.37. The fourth-order valence-electron chi connectivity index (χ4n) is 4.45. The molecule has 140 valence electrons. The number of piperidine rings is 1. The van der Waals surface area contributed by atoms with Gasteiger partial charge in [0.25, 0.3) is 11.5 Å². The first-order valence-corrected chi connectivity index (χ1v) is 9.81. The van der Waals surface area contributed by atoms with Gasteiger partial charge in [-0.1, -0.05) is 0 Å². The molecule has 0 unspecified atom stereocenters. The molecule has 0 N–H and O–H groups in total. The summed E-state index contributed by atoms with van der Waals surface area (Å²) in [6.07, 6.45) is 6.78. The van der Waals surface area contributed by atoms with E-state index in [0.717, 1.165) is 32.4 Å². The molecule has 1 spiro atoms. The average Bonchev–Trinajstić information content (AvgIpc) is 3.36. The van der Waals surface area contributed by atoms with Crippen LogP contribution in [0.3, 0.4) is 0 Å². The summed E-state index contributed by atoms with van der Waals surface area (Å²) < 4.78 is 1.57. The minimum absolute atomic E-state index is 0.130. The lowest BCUT2D eigenvalue weighted by atomic mass is 9.78. The van der Waals surface area contributed by atoms with Gasteiger partial charge in [0.15, 0.2) is 0 Å². The normalized spacial score (nSPS) is 26.0. The topological polar surface area (TPSA) is 62.6 Å². The van der Waals surface area contributed by atoms with E-state index in [1.165, 1.54) is 18.9 Å². The van der Waals surface area contributed by atoms with Gasteiger partial charge in [0.1, 0.15) is 0 Å². The van der Waals surface area contributed by atoms with Gasteiger partial charge in [-0.3, -0.25) is 14.4 Å². The van der Waals surface area contributed by atoms with Gasteiger partial charge in [-0.25, -0.2) is 0 Å². The first kappa shape index (κ1) is 17.3. The van der Waals surface area contributed by atoms with Gasteiger partial charge in [-0.2, -0.15) is 0 Å². The highest BCUT2D eigenvalue weighted by atomic mass is 16.2. The SMILES string of the molecule is CCn1ccc(C(=O)N2CC[C@@]3(CCCN(CC4CC4)C3=O)C2)cc1=O. The van der Waals surface area contributed by atoms with Gasteiger partial charge in [0.2, 0.25) is 5.91 Å². The lowest BCUT2D eigenvalue weighted by molar-refractivity contribution is -0.145. The highest BCUT2D eigenvalue weighted by molar-refractivity contribution is 5.95. The predicted molar refractivity (Wildman–Crippen MR) is 97.9 cm³/mol. The molecule has 2 aliphatic heterocycles. The first-order valence-electron chi connectivity index (χ1n) is 9.81. The maximum atomic E-state index is 13.1. The number of pyridine rings is 1. The third-order valence-electron chi connectivity index (χ3n) is 6.22. The fourth-order valence-corrected chi connectivity index (χ4v) is 4.45. The van der Waals surface area contributed by atoms with E-state index >= 15 is 0 Å². The quantitative estimate of drug-likeness (QED) is 0.824. The first-order chi connectivity index (χ1) is 12.5. The Bertz CT molecular complexity index is 783. The van der Waals surface area contributed by atoms with Crippen molar-refractivity contribution < 1.29 is 9.59 Å². The van der Waals surface area contributed by atoms with Gasteiger partial charge < -0.3 is 14.4 Å². The van der Waals surface area contributed by atoms with Gasteiger partial charge in [0.05, 0.1) is 5.41 Å². The molecule has 1 atom stereocenters. The van der Waals surface area contributed by atoms with Crippen LogP contribution in [0.25, 0.3) is 0 Å². The largest absolute Gasteiger partial charge is 0.342 e. The number of carbonyl (C=O) groups excluding carboxylic acids is 2. The summed E-state index contributed by atoms with van der Waals surface area (Å²) in [5.41, 5.74) is -0.132. The summed E-state index contributed by atoms with van der Waals surface area (Å²) in [7, 11) is 0. The van der Waals surface area contributed by atoms with Crippen LogP contribution in [0.5, 0.6) is 0 Å². The number of likely N-dealkylation sites (tertiary alicyclic amines) is 2. The summed E-state index contributed by atoms with van der Waals surface area (Å²) in [6.45, 7) is 5.33. The number of amides is 2. The maximum Gasteiger partial charge on any atom is 0.254 e. The Labute approximate surface area is 153 Å². The fraction of sp³-hybridized carbons (Fsp3) is 0.650. The predicted octanol–water partition coefficient (Wildman–Crippen LogP) is 1.73. The number of hydrogen-bond acceptors (Lipinski definition) is 3. The van der Waals surface area contributed by atoms with Crippen molar-refractivity contribution in [1.29, 1.82) is 0 Å². The number of carbonyl (C=O) groups is 2. The third kappa shape index (κ3) is 3.06. The molecule has 6 nitrogen and oxygen atoms in total. The molecule has 4 rings (SSSR count). The molecular formula is C20H27N3O3. The van der Waals surface area contributed by atoms with E-state index in [4.69, 9.17) is 0 Å². The van der Waals surface area contributed by atoms with E-state index in [9.17, 15) is 14.4 Å². The van der Waals surface area contributed by atoms with Crippen molar-refractivity contribution in [2.45, 2.75) is 45.6 Å². The van der Waals surface area contributed by atoms with Gasteiger partial charge in [-0.15, -0.1) is 0 Å². The van der Waals surface area contributed by atoms with Crippen molar-refractivity contribution in [1.82, 2.24) is 14.4 Å². The number of aromatic nitrogens is 1. The van der Waals surface area contributed by atoms with Crippen LogP contribution in [0, 0.1) is 11.3 Å². The third-order valence-corrected chi connectivity index (χ3v) is 6.22. The monoisotopic (exact) mass is 357 g/mol. The molecule has 1 aromatic rings. The van der Waals surface area contributed by atoms with Crippen molar-refractivity contribution in [3.05, 3.63) is 34.2 Å². The molecular weight excluding hydrogens is 330 g/mol. The molecule has 1 aromatic heterocycles. The summed E-state index contributed by atoms with van der Waals surface area (Å²) in [6, 6.07) is 3.12. The van der Waals surface area contributed by atoms with Crippen molar-refractivity contribution in [2.75, 3.05) is 26.2 Å². The van der Waals surface area contributed by atoms with E-state index in [1.54, 1.807) is 21.7 Å². The van der Waals surface area contributed by atoms with Crippen LogP contribution in [-0.2, 0) is 11.3 Å². The van der Waals surface area contributed by atoms with Crippen LogP contribution in [0.2, 0.25) is 0 Å². The van der Waals surface area contributed by atoms with Gasteiger partial charge in [-0.05, 0) is 51.0 Å². The Morgan fingerprint density at radius 2 is 2.04 bits per heavy atom. The molecule has 3 aliphatic rings. The van der Waals surface area contributed by atoms with Crippen LogP contribution in [-0.4, -0.2) is 52.4 Å². The highest BCUT2D eigenvalue weighted by Gasteiger charge is 2.50. The van der Waals surface area contributed by atoms with Crippen LogP contribution >= 0.6 is 0 Å². The molecule has 26 heavy (non-hydrogen) atoms. The van der Waals surface area contributed by atoms with Crippen molar-refractivity contribution in [3.63, 3.8) is 0 Å². The molecule has 1 aliphatic carbocycles. The number of rotatable bonds is 4. The number of nitrogens with zero attached hydrogens (tertiary/aromatic N) is 3. The highest BCUT2D eigenvalue weighted by Crippen LogP contribution is 2.42. The molecule has 3 heterocycles. The zero-order valence-electron chi connectivity index (χ0n) is 15.4. The lowest BCUT2D eigenvalue weighted by Crippen LogP contribution is -2.51. The van der Waals surface area contributed by atoms with E-state index in [1.807, 2.05) is 11.8 Å². The van der Waals surface area contributed by atoms with Crippen molar-refractivity contribution >= 4 is 11.8 Å². The van der Waals surface area contributed by atoms with Crippen LogP contribution in [0.1, 0.15) is 49.4 Å². The van der Waals surface area contributed by atoms with E-state index in [-0.39, 0.29) is 17.4 Å². The summed E-state index contributed by atoms with van der Waals surface area (Å²) in [5.74, 6) is 0.806. The zero-order chi connectivity index (χ0) is 18.3. The second-order valence-corrected chi connectivity index (χ2v) is 8.09. The van der Waals surface area contributed by atoms with E-state index < -0.39 is 5.41 Å². The Morgan fingerprint density at radius 1 is 1.23 bits per heavy atom. The van der Waals surface area contributed by atoms with E-state index in [0.29, 0.717) is 31.1 Å². The smallest absolute Gasteiger partial charge is 0.254 e. The second-order valence-electron chi connectivity index (χ2n) is 8.09. The van der Waals surface area contributed by atoms with Gasteiger partial charge >= 0.3 is 0 Å². The Balaban J connectivity index is 1.48. The van der Waals surface area contributed by atoms with Crippen molar-refractivity contribution in [3.8, 4) is 0 Å². The molecule has 0 radical (unpaired) electrons. The molecule has 2 saturated heterocycles. The molecule has 0 aromatic carbocycles. The molecule has 3 fully saturated rings. The van der Waals surface area contributed by atoms with Crippen LogP contribution in [0.4, 0.5) is 0 Å². The van der Waals surface area contributed by atoms with E-state index in [2.05, 4.69) is 0 Å². The van der Waals surface area contributed by atoms with Gasteiger partial charge in [0, 0.05) is 50.6 Å². The minimum atomic E-state index is -0.402. The molecule has 6 heteroatoms. The minimum Gasteiger partial charge on any atom is -0.342 e. The molecule has 0 bridgehead atoms. The molecule has 1 saturated carbocycles. The summed E-state index contributed by atoms with van der Waals surface area (Å²) in [4.78, 5) is 41.8. The van der Waals surface area contributed by atoms with Crippen LogP contribution in [0.15, 0.2) is 23.1 Å². The Morgan fingerprint density at radius 3 is 2.73 bits per heavy atom. The standard InChI is InChI=1S/C20H27N3O3/c1-2-21-10-6-16(12-17(21)24)18(25)23-11-8-20(14-23)7-3-9-22(19(20)26)13-15-4-5-15/h6,10,12,15H,2-5,7-9,11,13-14H2,1H3/t20-/m0/s1. The zero-order valence-corrected chi connectivity index (χ0v) is 15.4. The average molecular weight is 357 g/mol. The summed E-state index contributed by atoms with van der Waals surface area (Å²) in [5, 5.41) is 0. The second kappa shape index (κ2) is 6.56. The van der Waals surface area contributed by atoms with Crippen LogP contribution < -0.4 is 5.56 Å². The number of aryl methyl sites for hydroxylation is 1. The van der Waals surface area contributed by atoms with Crippen molar-refractivity contribution in [2.24, 2.45) is 11.3 Å². The number of hydrogen-bond donors (Lipinski definition) is 0. The molecule has 2 amide bonds. The maximum absolute atomic E-state index is 13.1. The summed E-state index contributed by atoms with van der Waals surface area (Å²) >= 11 is 0.